The molecule has 2 amide bonds. The van der Waals surface area contributed by atoms with E-state index in [0.29, 0.717) is 16.9 Å². The van der Waals surface area contributed by atoms with Crippen molar-refractivity contribution in [1.29, 1.82) is 0 Å². The maximum atomic E-state index is 11.9. The fourth-order valence-electron chi connectivity index (χ4n) is 2.05. The van der Waals surface area contributed by atoms with Gasteiger partial charge < -0.3 is 19.8 Å². The lowest BCUT2D eigenvalue weighted by Crippen LogP contribution is -2.39. The molecule has 0 unspecified atom stereocenters. The van der Waals surface area contributed by atoms with Gasteiger partial charge in [-0.15, -0.1) is 0 Å². The summed E-state index contributed by atoms with van der Waals surface area (Å²) in [6.07, 6.45) is -1.17. The molecule has 2 aromatic rings. The maximum absolute atomic E-state index is 11.9. The van der Waals surface area contributed by atoms with Crippen molar-refractivity contribution in [2.24, 2.45) is 0 Å². The molecule has 0 radical (unpaired) electrons. The number of furan rings is 1. The van der Waals surface area contributed by atoms with Gasteiger partial charge in [0.1, 0.15) is 0 Å². The predicted octanol–water partition coefficient (Wildman–Crippen LogP) is 1.48. The summed E-state index contributed by atoms with van der Waals surface area (Å²) in [5.41, 5.74) is 1.18. The van der Waals surface area contributed by atoms with Crippen molar-refractivity contribution in [2.75, 3.05) is 20.2 Å². The lowest BCUT2D eigenvalue weighted by molar-refractivity contribution is -0.126. The van der Waals surface area contributed by atoms with Gasteiger partial charge in [-0.3, -0.25) is 9.59 Å². The number of hydrogen-bond acceptors (Lipinski definition) is 4. The molecule has 0 spiro atoms. The van der Waals surface area contributed by atoms with Crippen LogP contribution in [-0.4, -0.2) is 38.4 Å². The van der Waals surface area contributed by atoms with Crippen molar-refractivity contribution < 1.29 is 27.5 Å². The smallest absolute Gasteiger partial charge is 0.255 e. The molecule has 124 valence electrons. The Morgan fingerprint density at radius 2 is 2.04 bits per heavy atom. The van der Waals surface area contributed by atoms with Crippen LogP contribution in [0.3, 0.4) is 0 Å². The first-order valence-corrected chi connectivity index (χ1v) is 6.86. The van der Waals surface area contributed by atoms with E-state index in [1.54, 1.807) is 18.2 Å². The fraction of sp³-hybridized carbons (Fsp3) is 0.333. The van der Waals surface area contributed by atoms with Gasteiger partial charge in [0.05, 0.1) is 32.9 Å². The van der Waals surface area contributed by atoms with Crippen LogP contribution in [0.4, 0.5) is 8.78 Å². The highest BCUT2D eigenvalue weighted by atomic mass is 19.3. The molecule has 2 rings (SSSR count). The molecule has 6 nitrogen and oxygen atoms in total. The standard InChI is InChI=1S/C15H16F2N2O4/c1-22-11-4-2-3-10-9(8-23-15(10)11)5-13(20)19-7-14(21)18-6-12(16)17/h2-4,8,12H,5-7H2,1H3,(H,18,21)(H,19,20). The average Bonchev–Trinajstić information content (AvgIpc) is 2.94. The van der Waals surface area contributed by atoms with E-state index in [-0.39, 0.29) is 13.0 Å². The van der Waals surface area contributed by atoms with E-state index in [1.165, 1.54) is 13.4 Å². The zero-order chi connectivity index (χ0) is 16.8. The van der Waals surface area contributed by atoms with Crippen LogP contribution < -0.4 is 15.4 Å². The molecule has 1 heterocycles. The Labute approximate surface area is 130 Å². The zero-order valence-electron chi connectivity index (χ0n) is 12.4. The van der Waals surface area contributed by atoms with E-state index in [9.17, 15) is 18.4 Å². The van der Waals surface area contributed by atoms with Gasteiger partial charge in [-0.2, -0.15) is 0 Å². The van der Waals surface area contributed by atoms with Gasteiger partial charge in [-0.1, -0.05) is 12.1 Å². The Balaban J connectivity index is 1.92. The summed E-state index contributed by atoms with van der Waals surface area (Å²) in [6.45, 7) is -1.09. The van der Waals surface area contributed by atoms with Gasteiger partial charge in [0, 0.05) is 10.9 Å². The minimum atomic E-state index is -2.62. The minimum absolute atomic E-state index is 0.00228. The lowest BCUT2D eigenvalue weighted by Gasteiger charge is -2.06. The molecule has 23 heavy (non-hydrogen) atoms. The molecule has 0 saturated heterocycles. The number of ether oxygens (including phenoxy) is 1. The van der Waals surface area contributed by atoms with E-state index in [2.05, 4.69) is 5.32 Å². The Morgan fingerprint density at radius 1 is 1.26 bits per heavy atom. The van der Waals surface area contributed by atoms with Crippen molar-refractivity contribution in [3.05, 3.63) is 30.0 Å². The first-order chi connectivity index (χ1) is 11.0. The number of halogens is 2. The first-order valence-electron chi connectivity index (χ1n) is 6.86. The summed E-state index contributed by atoms with van der Waals surface area (Å²) < 4.78 is 34.4. The van der Waals surface area contributed by atoms with Crippen molar-refractivity contribution >= 4 is 22.8 Å². The molecule has 1 aromatic carbocycles. The zero-order valence-corrected chi connectivity index (χ0v) is 12.4. The second kappa shape index (κ2) is 7.57. The summed E-state index contributed by atoms with van der Waals surface area (Å²) in [4.78, 5) is 23.1. The number of benzene rings is 1. The summed E-state index contributed by atoms with van der Waals surface area (Å²) >= 11 is 0. The van der Waals surface area contributed by atoms with Gasteiger partial charge >= 0.3 is 0 Å². The van der Waals surface area contributed by atoms with Crippen molar-refractivity contribution in [1.82, 2.24) is 10.6 Å². The van der Waals surface area contributed by atoms with E-state index < -0.39 is 24.8 Å². The van der Waals surface area contributed by atoms with Crippen molar-refractivity contribution in [2.45, 2.75) is 12.8 Å². The van der Waals surface area contributed by atoms with Crippen LogP contribution >= 0.6 is 0 Å². The Morgan fingerprint density at radius 3 is 2.74 bits per heavy atom. The number of rotatable bonds is 7. The third-order valence-corrected chi connectivity index (χ3v) is 3.11. The molecular weight excluding hydrogens is 310 g/mol. The van der Waals surface area contributed by atoms with Crippen LogP contribution in [0.25, 0.3) is 11.0 Å². The van der Waals surface area contributed by atoms with Crippen LogP contribution in [-0.2, 0) is 16.0 Å². The molecule has 0 aliphatic rings. The Kier molecular flexibility index (Phi) is 5.51. The predicted molar refractivity (Wildman–Crippen MR) is 78.5 cm³/mol. The molecule has 0 bridgehead atoms. The summed E-state index contributed by atoms with van der Waals surface area (Å²) in [5, 5.41) is 5.11. The number of carbonyl (C=O) groups is 2. The molecule has 1 aromatic heterocycles. The highest BCUT2D eigenvalue weighted by Gasteiger charge is 2.14. The number of carbonyl (C=O) groups excluding carboxylic acids is 2. The van der Waals surface area contributed by atoms with Crippen LogP contribution in [0.2, 0.25) is 0 Å². The molecule has 2 N–H and O–H groups in total. The van der Waals surface area contributed by atoms with Crippen molar-refractivity contribution in [3.8, 4) is 5.75 Å². The van der Waals surface area contributed by atoms with E-state index in [0.717, 1.165) is 5.39 Å². The molecule has 0 saturated carbocycles. The maximum Gasteiger partial charge on any atom is 0.255 e. The molecule has 0 fully saturated rings. The Hall–Kier alpha value is -2.64. The SMILES string of the molecule is COc1cccc2c(CC(=O)NCC(=O)NCC(F)F)coc12. The number of alkyl halides is 2. The topological polar surface area (TPSA) is 80.6 Å². The van der Waals surface area contributed by atoms with Gasteiger partial charge in [0.25, 0.3) is 6.43 Å². The third-order valence-electron chi connectivity index (χ3n) is 3.11. The lowest BCUT2D eigenvalue weighted by atomic mass is 10.1. The number of methoxy groups -OCH3 is 1. The summed E-state index contributed by atoms with van der Waals surface area (Å²) in [6, 6.07) is 5.30. The number of amides is 2. The monoisotopic (exact) mass is 326 g/mol. The van der Waals surface area contributed by atoms with Crippen LogP contribution in [0.5, 0.6) is 5.75 Å². The quantitative estimate of drug-likeness (QED) is 0.808. The number of fused-ring (bicyclic) bond motifs is 1. The second-order valence-electron chi connectivity index (χ2n) is 4.75. The molecular formula is C15H16F2N2O4. The van der Waals surface area contributed by atoms with E-state index in [1.807, 2.05) is 5.32 Å². The molecule has 0 aliphatic carbocycles. The summed E-state index contributed by atoms with van der Waals surface area (Å²) in [7, 11) is 1.52. The largest absolute Gasteiger partial charge is 0.493 e. The number of nitrogens with one attached hydrogen (secondary N) is 2. The normalized spacial score (nSPS) is 10.8. The summed E-state index contributed by atoms with van der Waals surface area (Å²) in [5.74, 6) is -0.527. The minimum Gasteiger partial charge on any atom is -0.493 e. The average molecular weight is 326 g/mol. The van der Waals surface area contributed by atoms with E-state index in [4.69, 9.17) is 9.15 Å². The highest BCUT2D eigenvalue weighted by Crippen LogP contribution is 2.29. The molecule has 0 atom stereocenters. The van der Waals surface area contributed by atoms with Crippen LogP contribution in [0.1, 0.15) is 5.56 Å². The highest BCUT2D eigenvalue weighted by molar-refractivity contribution is 5.91. The number of para-hydroxylation sites is 1. The second-order valence-corrected chi connectivity index (χ2v) is 4.75. The Bertz CT molecular complexity index is 700. The van der Waals surface area contributed by atoms with Crippen molar-refractivity contribution in [3.63, 3.8) is 0 Å². The number of hydrogen-bond donors (Lipinski definition) is 2. The molecule has 0 aliphatic heterocycles. The third kappa shape index (κ3) is 4.41. The van der Waals surface area contributed by atoms with Gasteiger partial charge in [0.15, 0.2) is 11.3 Å². The van der Waals surface area contributed by atoms with Gasteiger partial charge in [0.2, 0.25) is 11.8 Å². The first kappa shape index (κ1) is 16.7. The molecule has 8 heteroatoms. The van der Waals surface area contributed by atoms with Gasteiger partial charge in [-0.05, 0) is 6.07 Å². The van der Waals surface area contributed by atoms with Crippen LogP contribution in [0.15, 0.2) is 28.9 Å². The van der Waals surface area contributed by atoms with Gasteiger partial charge in [-0.25, -0.2) is 8.78 Å². The van der Waals surface area contributed by atoms with E-state index >= 15 is 0 Å². The fourth-order valence-corrected chi connectivity index (χ4v) is 2.05. The van der Waals surface area contributed by atoms with Crippen LogP contribution in [0, 0.1) is 0 Å².